The van der Waals surface area contributed by atoms with E-state index in [0.717, 1.165) is 4.47 Å². The van der Waals surface area contributed by atoms with Crippen LogP contribution in [0.5, 0.6) is 0 Å². The van der Waals surface area contributed by atoms with Gasteiger partial charge in [-0.1, -0.05) is 0 Å². The average Bonchev–Trinajstić information content (AvgIpc) is 2.92. The molecule has 1 aromatic heterocycles. The van der Waals surface area contributed by atoms with Crippen LogP contribution in [0.3, 0.4) is 0 Å². The van der Waals surface area contributed by atoms with E-state index in [-0.39, 0.29) is 24.0 Å². The zero-order chi connectivity index (χ0) is 14.0. The maximum absolute atomic E-state index is 11.6. The van der Waals surface area contributed by atoms with Gasteiger partial charge in [0.15, 0.2) is 0 Å². The number of hydrogen-bond donors (Lipinski definition) is 0. The van der Waals surface area contributed by atoms with Gasteiger partial charge >= 0.3 is 11.9 Å². The van der Waals surface area contributed by atoms with Crippen molar-refractivity contribution in [2.75, 3.05) is 0 Å². The lowest BCUT2D eigenvalue weighted by Gasteiger charge is -2.02. The van der Waals surface area contributed by atoms with Gasteiger partial charge in [0.25, 0.3) is 0 Å². The van der Waals surface area contributed by atoms with Crippen LogP contribution in [-0.2, 0) is 25.7 Å². The first kappa shape index (κ1) is 13.9. The molecule has 2 unspecified atom stereocenters. The lowest BCUT2D eigenvalue weighted by atomic mass is 10.3. The fourth-order valence-electron chi connectivity index (χ4n) is 1.84. The van der Waals surface area contributed by atoms with Gasteiger partial charge in [-0.05, 0) is 35.2 Å². The van der Waals surface area contributed by atoms with E-state index < -0.39 is 11.9 Å². The summed E-state index contributed by atoms with van der Waals surface area (Å²) >= 11 is 3.29. The van der Waals surface area contributed by atoms with Crippen molar-refractivity contribution < 1.29 is 19.1 Å². The molecule has 0 saturated heterocycles. The Bertz CT molecular complexity index is 526. The summed E-state index contributed by atoms with van der Waals surface area (Å²) in [5, 5.41) is 4.10. The van der Waals surface area contributed by atoms with Crippen LogP contribution in [0.1, 0.15) is 19.8 Å². The highest BCUT2D eigenvalue weighted by molar-refractivity contribution is 9.10. The zero-order valence-electron chi connectivity index (χ0n) is 10.3. The molecule has 0 bridgehead atoms. The van der Waals surface area contributed by atoms with Crippen LogP contribution >= 0.6 is 15.9 Å². The van der Waals surface area contributed by atoms with E-state index in [4.69, 9.17) is 0 Å². The largest absolute Gasteiger partial charge is 0.393 e. The second-order valence-corrected chi connectivity index (χ2v) is 5.57. The molecule has 2 rings (SSSR count). The Hall–Kier alpha value is -1.50. The molecule has 0 N–H and O–H groups in total. The molecule has 1 heterocycles. The second-order valence-electron chi connectivity index (χ2n) is 4.65. The standard InChI is InChI=1S/C12H13BrN2O4/c1-7(16)2-11(17)19-12(18)10-3-8(10)5-15-6-9(13)4-14-15/h4,6,8,10H,2-3,5H2,1H3. The van der Waals surface area contributed by atoms with Gasteiger partial charge in [0.1, 0.15) is 12.2 Å². The predicted octanol–water partition coefficient (Wildman–Crippen LogP) is 1.33. The van der Waals surface area contributed by atoms with E-state index in [2.05, 4.69) is 25.8 Å². The minimum atomic E-state index is -0.773. The van der Waals surface area contributed by atoms with Crippen LogP contribution in [0.2, 0.25) is 0 Å². The minimum Gasteiger partial charge on any atom is -0.393 e. The first-order valence-electron chi connectivity index (χ1n) is 5.87. The number of Topliss-reactive ketones (excluding diaryl/α,β-unsaturated/α-hetero) is 1. The predicted molar refractivity (Wildman–Crippen MR) is 67.9 cm³/mol. The Kier molecular flexibility index (Phi) is 4.14. The van der Waals surface area contributed by atoms with Crippen molar-refractivity contribution in [2.24, 2.45) is 11.8 Å². The Balaban J connectivity index is 1.77. The third kappa shape index (κ3) is 3.99. The number of carbonyl (C=O) groups is 3. The van der Waals surface area contributed by atoms with E-state index in [1.807, 2.05) is 6.20 Å². The molecule has 6 nitrogen and oxygen atoms in total. The maximum atomic E-state index is 11.6. The second kappa shape index (κ2) is 5.64. The molecule has 1 aliphatic rings. The van der Waals surface area contributed by atoms with Crippen molar-refractivity contribution in [3.8, 4) is 0 Å². The quantitative estimate of drug-likeness (QED) is 0.602. The molecule has 0 radical (unpaired) electrons. The summed E-state index contributed by atoms with van der Waals surface area (Å²) in [5.41, 5.74) is 0. The molecular weight excluding hydrogens is 316 g/mol. The molecule has 1 aromatic rings. The van der Waals surface area contributed by atoms with E-state index in [9.17, 15) is 14.4 Å². The summed E-state index contributed by atoms with van der Waals surface area (Å²) < 4.78 is 7.23. The lowest BCUT2D eigenvalue weighted by molar-refractivity contribution is -0.161. The van der Waals surface area contributed by atoms with Crippen LogP contribution in [0.4, 0.5) is 0 Å². The van der Waals surface area contributed by atoms with Crippen LogP contribution in [0.25, 0.3) is 0 Å². The molecule has 7 heteroatoms. The SMILES string of the molecule is CC(=O)CC(=O)OC(=O)C1CC1Cn1cc(Br)cn1. The van der Waals surface area contributed by atoms with Crippen molar-refractivity contribution >= 4 is 33.7 Å². The van der Waals surface area contributed by atoms with E-state index >= 15 is 0 Å². The van der Waals surface area contributed by atoms with Crippen molar-refractivity contribution in [3.05, 3.63) is 16.9 Å². The molecule has 1 fully saturated rings. The summed E-state index contributed by atoms with van der Waals surface area (Å²) in [6, 6.07) is 0. The summed E-state index contributed by atoms with van der Waals surface area (Å²) in [7, 11) is 0. The number of halogens is 1. The Morgan fingerprint density at radius 3 is 2.84 bits per heavy atom. The van der Waals surface area contributed by atoms with Gasteiger partial charge in [-0.25, -0.2) is 0 Å². The van der Waals surface area contributed by atoms with Gasteiger partial charge in [-0.2, -0.15) is 5.10 Å². The highest BCUT2D eigenvalue weighted by atomic mass is 79.9. The Labute approximate surface area is 118 Å². The Morgan fingerprint density at radius 2 is 2.26 bits per heavy atom. The fourth-order valence-corrected chi connectivity index (χ4v) is 2.17. The number of hydrogen-bond acceptors (Lipinski definition) is 5. The lowest BCUT2D eigenvalue weighted by Crippen LogP contribution is -2.17. The number of aromatic nitrogens is 2. The van der Waals surface area contributed by atoms with Gasteiger partial charge < -0.3 is 4.74 Å². The van der Waals surface area contributed by atoms with Crippen LogP contribution in [-0.4, -0.2) is 27.5 Å². The molecule has 19 heavy (non-hydrogen) atoms. The molecule has 1 saturated carbocycles. The smallest absolute Gasteiger partial charge is 0.320 e. The van der Waals surface area contributed by atoms with Gasteiger partial charge in [-0.3, -0.25) is 19.1 Å². The number of esters is 2. The summed E-state index contributed by atoms with van der Waals surface area (Å²) in [6.07, 6.45) is 3.83. The number of nitrogens with zero attached hydrogens (tertiary/aromatic N) is 2. The number of ketones is 1. The summed E-state index contributed by atoms with van der Waals surface area (Å²) in [6.45, 7) is 1.90. The molecular formula is C12H13BrN2O4. The van der Waals surface area contributed by atoms with Gasteiger partial charge in [-0.15, -0.1) is 0 Å². The topological polar surface area (TPSA) is 78.3 Å². The van der Waals surface area contributed by atoms with Crippen molar-refractivity contribution in [3.63, 3.8) is 0 Å². The molecule has 1 aliphatic carbocycles. The zero-order valence-corrected chi connectivity index (χ0v) is 11.9. The van der Waals surface area contributed by atoms with Gasteiger partial charge in [0, 0.05) is 12.7 Å². The highest BCUT2D eigenvalue weighted by Gasteiger charge is 2.45. The normalized spacial score (nSPS) is 20.9. The number of ether oxygens (including phenoxy) is 1. The number of carbonyl (C=O) groups excluding carboxylic acids is 3. The highest BCUT2D eigenvalue weighted by Crippen LogP contribution is 2.40. The first-order valence-corrected chi connectivity index (χ1v) is 6.67. The molecule has 2 atom stereocenters. The third-order valence-corrected chi connectivity index (χ3v) is 3.27. The van der Waals surface area contributed by atoms with E-state index in [1.54, 1.807) is 10.9 Å². The molecule has 102 valence electrons. The van der Waals surface area contributed by atoms with Gasteiger partial charge in [0.2, 0.25) is 0 Å². The third-order valence-electron chi connectivity index (χ3n) is 2.86. The van der Waals surface area contributed by atoms with E-state index in [0.29, 0.717) is 13.0 Å². The Morgan fingerprint density at radius 1 is 1.53 bits per heavy atom. The first-order chi connectivity index (χ1) is 8.95. The monoisotopic (exact) mass is 328 g/mol. The van der Waals surface area contributed by atoms with Crippen molar-refractivity contribution in [2.45, 2.75) is 26.3 Å². The van der Waals surface area contributed by atoms with Crippen LogP contribution in [0.15, 0.2) is 16.9 Å². The molecule has 0 spiro atoms. The average molecular weight is 329 g/mol. The van der Waals surface area contributed by atoms with E-state index in [1.165, 1.54) is 6.92 Å². The van der Waals surface area contributed by atoms with Crippen molar-refractivity contribution in [1.82, 2.24) is 9.78 Å². The molecule has 0 aliphatic heterocycles. The summed E-state index contributed by atoms with van der Waals surface area (Å²) in [5.74, 6) is -1.75. The fraction of sp³-hybridized carbons (Fsp3) is 0.500. The maximum Gasteiger partial charge on any atom is 0.320 e. The van der Waals surface area contributed by atoms with Crippen LogP contribution in [0, 0.1) is 11.8 Å². The molecule has 0 aromatic carbocycles. The van der Waals surface area contributed by atoms with Crippen LogP contribution < -0.4 is 0 Å². The van der Waals surface area contributed by atoms with Gasteiger partial charge in [0.05, 0.1) is 16.6 Å². The summed E-state index contributed by atoms with van der Waals surface area (Å²) in [4.78, 5) is 33.5. The molecule has 0 amide bonds. The number of rotatable bonds is 5. The minimum absolute atomic E-state index is 0.143. The van der Waals surface area contributed by atoms with Crippen molar-refractivity contribution in [1.29, 1.82) is 0 Å².